The lowest BCUT2D eigenvalue weighted by Crippen LogP contribution is -2.49. The Balaban J connectivity index is 1.71. The highest BCUT2D eigenvalue weighted by Gasteiger charge is 2.29. The minimum atomic E-state index is -0.311. The Morgan fingerprint density at radius 1 is 1.11 bits per heavy atom. The van der Waals surface area contributed by atoms with Crippen molar-refractivity contribution >= 4 is 6.03 Å². The van der Waals surface area contributed by atoms with Crippen LogP contribution in [-0.2, 0) is 26.1 Å². The van der Waals surface area contributed by atoms with E-state index in [9.17, 15) is 4.79 Å². The van der Waals surface area contributed by atoms with Crippen molar-refractivity contribution in [3.63, 3.8) is 0 Å². The van der Waals surface area contributed by atoms with Crippen molar-refractivity contribution < 1.29 is 9.53 Å². The first-order chi connectivity index (χ1) is 17.6. The fraction of sp³-hybridized carbons (Fsp3) is 0.467. The first-order valence-electron chi connectivity index (χ1n) is 13.2. The van der Waals surface area contributed by atoms with Crippen molar-refractivity contribution in [1.82, 2.24) is 24.9 Å². The molecule has 0 radical (unpaired) electrons. The molecule has 1 N–H and O–H groups in total. The van der Waals surface area contributed by atoms with Gasteiger partial charge in [-0.1, -0.05) is 56.3 Å². The van der Waals surface area contributed by atoms with Gasteiger partial charge in [-0.2, -0.15) is 5.10 Å². The molecule has 2 amide bonds. The van der Waals surface area contributed by atoms with Gasteiger partial charge in [0.05, 0.1) is 25.0 Å². The number of nitrogens with zero attached hydrogens (tertiary/aromatic N) is 4. The van der Waals surface area contributed by atoms with Crippen LogP contribution >= 0.6 is 0 Å². The van der Waals surface area contributed by atoms with Crippen LogP contribution < -0.4 is 10.1 Å². The molecule has 7 heteroatoms. The van der Waals surface area contributed by atoms with Gasteiger partial charge < -0.3 is 15.0 Å². The lowest BCUT2D eigenvalue weighted by Gasteiger charge is -2.30. The maximum Gasteiger partial charge on any atom is 0.318 e. The Morgan fingerprint density at radius 2 is 1.81 bits per heavy atom. The molecule has 0 aliphatic carbocycles. The third-order valence-electron chi connectivity index (χ3n) is 6.48. The molecule has 37 heavy (non-hydrogen) atoms. The minimum Gasteiger partial charge on any atom is -0.494 e. The molecule has 1 aromatic heterocycles. The molecule has 198 valence electrons. The van der Waals surface area contributed by atoms with E-state index in [2.05, 4.69) is 54.4 Å². The van der Waals surface area contributed by atoms with Crippen LogP contribution in [0.4, 0.5) is 4.79 Å². The van der Waals surface area contributed by atoms with E-state index in [-0.39, 0.29) is 11.6 Å². The molecule has 3 aromatic rings. The summed E-state index contributed by atoms with van der Waals surface area (Å²) < 4.78 is 7.72. The predicted octanol–water partition coefficient (Wildman–Crippen LogP) is 5.41. The number of nitrogens with one attached hydrogen (secondary N) is 1. The smallest absolute Gasteiger partial charge is 0.318 e. The lowest BCUT2D eigenvalue weighted by atomic mass is 10.0. The predicted molar refractivity (Wildman–Crippen MR) is 148 cm³/mol. The number of urea groups is 1. The maximum atomic E-state index is 13.3. The topological polar surface area (TPSA) is 62.6 Å². The zero-order valence-corrected chi connectivity index (χ0v) is 23.1. The van der Waals surface area contributed by atoms with Crippen molar-refractivity contribution in [2.24, 2.45) is 5.92 Å². The number of carbonyl (C=O) groups is 1. The first kappa shape index (κ1) is 26.7. The van der Waals surface area contributed by atoms with E-state index in [1.54, 1.807) is 7.11 Å². The standard InChI is InChI=1S/C30H41N5O2/c1-22(2)18-34(29(36)31-30(3,4)5)21-25-24-20-33(19-23-12-8-7-9-13-23)17-16-26(24)35(32-25)27-14-10-11-15-28(27)37-6/h7-15,22H,16-21H2,1-6H3,(H,31,36). The Hall–Kier alpha value is -3.32. The van der Waals surface area contributed by atoms with Crippen molar-refractivity contribution in [3.05, 3.63) is 77.1 Å². The summed E-state index contributed by atoms with van der Waals surface area (Å²) in [7, 11) is 1.69. The van der Waals surface area contributed by atoms with Crippen LogP contribution in [0.15, 0.2) is 54.6 Å². The number of rotatable bonds is 8. The number of benzene rings is 2. The number of hydrogen-bond acceptors (Lipinski definition) is 4. The van der Waals surface area contributed by atoms with Crippen molar-refractivity contribution in [2.75, 3.05) is 20.2 Å². The monoisotopic (exact) mass is 503 g/mol. The zero-order valence-electron chi connectivity index (χ0n) is 23.1. The second kappa shape index (κ2) is 11.4. The largest absolute Gasteiger partial charge is 0.494 e. The number of aromatic nitrogens is 2. The van der Waals surface area contributed by atoms with Crippen LogP contribution in [-0.4, -0.2) is 51.3 Å². The number of para-hydroxylation sites is 2. The molecule has 2 heterocycles. The van der Waals surface area contributed by atoms with E-state index in [4.69, 9.17) is 9.84 Å². The van der Waals surface area contributed by atoms with Crippen molar-refractivity contribution in [3.8, 4) is 11.4 Å². The van der Waals surface area contributed by atoms with Crippen LogP contribution in [0.5, 0.6) is 5.75 Å². The minimum absolute atomic E-state index is 0.0567. The van der Waals surface area contributed by atoms with Gasteiger partial charge in [-0.25, -0.2) is 9.48 Å². The maximum absolute atomic E-state index is 13.3. The van der Waals surface area contributed by atoms with Gasteiger partial charge in [0.1, 0.15) is 11.4 Å². The summed E-state index contributed by atoms with van der Waals surface area (Å²) in [6.07, 6.45) is 0.881. The van der Waals surface area contributed by atoms with Crippen LogP contribution in [0.1, 0.15) is 57.1 Å². The Labute approximate surface area is 221 Å². The van der Waals surface area contributed by atoms with Gasteiger partial charge >= 0.3 is 6.03 Å². The highest BCUT2D eigenvalue weighted by Crippen LogP contribution is 2.31. The van der Waals surface area contributed by atoms with E-state index >= 15 is 0 Å². The van der Waals surface area contributed by atoms with Crippen LogP contribution in [0.3, 0.4) is 0 Å². The molecular weight excluding hydrogens is 462 g/mol. The van der Waals surface area contributed by atoms with Gasteiger partial charge in [0, 0.05) is 43.7 Å². The fourth-order valence-electron chi connectivity index (χ4n) is 4.89. The number of methoxy groups -OCH3 is 1. The van der Waals surface area contributed by atoms with Crippen molar-refractivity contribution in [2.45, 2.75) is 66.2 Å². The zero-order chi connectivity index (χ0) is 26.6. The normalized spacial score (nSPS) is 13.9. The molecule has 0 saturated heterocycles. The van der Waals surface area contributed by atoms with E-state index in [1.807, 2.05) is 54.6 Å². The second-order valence-corrected chi connectivity index (χ2v) is 11.4. The van der Waals surface area contributed by atoms with Crippen LogP contribution in [0, 0.1) is 5.92 Å². The quantitative estimate of drug-likeness (QED) is 0.447. The average Bonchev–Trinajstić information content (AvgIpc) is 3.20. The highest BCUT2D eigenvalue weighted by atomic mass is 16.5. The van der Waals surface area contributed by atoms with E-state index < -0.39 is 0 Å². The lowest BCUT2D eigenvalue weighted by molar-refractivity contribution is 0.177. The summed E-state index contributed by atoms with van der Waals surface area (Å²) in [5.41, 5.74) is 5.28. The summed E-state index contributed by atoms with van der Waals surface area (Å²) in [6.45, 7) is 14.1. The summed E-state index contributed by atoms with van der Waals surface area (Å²) in [6, 6.07) is 18.5. The molecule has 1 aliphatic rings. The van der Waals surface area contributed by atoms with Crippen LogP contribution in [0.2, 0.25) is 0 Å². The number of amides is 2. The van der Waals surface area contributed by atoms with E-state index in [1.165, 1.54) is 16.8 Å². The van der Waals surface area contributed by atoms with E-state index in [0.717, 1.165) is 43.2 Å². The molecule has 0 bridgehead atoms. The summed E-state index contributed by atoms with van der Waals surface area (Å²) in [5.74, 6) is 1.13. The van der Waals surface area contributed by atoms with Gasteiger partial charge in [0.25, 0.3) is 0 Å². The third kappa shape index (κ3) is 6.72. The Bertz CT molecular complexity index is 1200. The SMILES string of the molecule is COc1ccccc1-n1nc(CN(CC(C)C)C(=O)NC(C)(C)C)c2c1CCN(Cc1ccccc1)C2. The average molecular weight is 504 g/mol. The molecule has 0 spiro atoms. The molecule has 7 nitrogen and oxygen atoms in total. The molecule has 0 unspecified atom stereocenters. The van der Waals surface area contributed by atoms with Gasteiger partial charge in [0.15, 0.2) is 0 Å². The summed E-state index contributed by atoms with van der Waals surface area (Å²) >= 11 is 0. The number of fused-ring (bicyclic) bond motifs is 1. The molecule has 0 atom stereocenters. The Morgan fingerprint density at radius 3 is 2.49 bits per heavy atom. The fourth-order valence-corrected chi connectivity index (χ4v) is 4.89. The van der Waals surface area contributed by atoms with Gasteiger partial charge in [-0.15, -0.1) is 0 Å². The molecule has 0 fully saturated rings. The number of ether oxygens (including phenoxy) is 1. The highest BCUT2D eigenvalue weighted by molar-refractivity contribution is 5.75. The molecule has 4 rings (SSSR count). The second-order valence-electron chi connectivity index (χ2n) is 11.4. The van der Waals surface area contributed by atoms with Crippen LogP contribution in [0.25, 0.3) is 5.69 Å². The first-order valence-corrected chi connectivity index (χ1v) is 13.2. The van der Waals surface area contributed by atoms with Gasteiger partial charge in [0.2, 0.25) is 0 Å². The van der Waals surface area contributed by atoms with Gasteiger partial charge in [-0.05, 0) is 44.4 Å². The number of carbonyl (C=O) groups excluding carboxylic acids is 1. The molecule has 1 aliphatic heterocycles. The van der Waals surface area contributed by atoms with Gasteiger partial charge in [-0.3, -0.25) is 4.90 Å². The molecule has 0 saturated carbocycles. The van der Waals surface area contributed by atoms with E-state index in [0.29, 0.717) is 19.0 Å². The summed E-state index contributed by atoms with van der Waals surface area (Å²) in [5, 5.41) is 8.27. The molecular formula is C30H41N5O2. The third-order valence-corrected chi connectivity index (χ3v) is 6.48. The summed E-state index contributed by atoms with van der Waals surface area (Å²) in [4.78, 5) is 17.7. The Kier molecular flexibility index (Phi) is 8.22. The number of hydrogen-bond donors (Lipinski definition) is 1. The molecule has 2 aromatic carbocycles. The van der Waals surface area contributed by atoms with Crippen molar-refractivity contribution in [1.29, 1.82) is 0 Å².